The average molecular weight is 273 g/mol. The lowest BCUT2D eigenvalue weighted by molar-refractivity contribution is 0.458. The zero-order valence-electron chi connectivity index (χ0n) is 11.7. The molecule has 1 heteroatoms. The fourth-order valence-electron chi connectivity index (χ4n) is 2.65. The molecule has 0 heterocycles. The van der Waals surface area contributed by atoms with Crippen LogP contribution in [0.1, 0.15) is 30.0 Å². The Hall–Kier alpha value is -1.27. The molecule has 0 aliphatic carbocycles. The van der Waals surface area contributed by atoms with Gasteiger partial charge in [-0.25, -0.2) is 0 Å². The lowest BCUT2D eigenvalue weighted by Gasteiger charge is -2.31. The summed E-state index contributed by atoms with van der Waals surface area (Å²) >= 11 is 6.35. The van der Waals surface area contributed by atoms with Crippen molar-refractivity contribution in [3.05, 3.63) is 71.3 Å². The Balaban J connectivity index is 2.35. The molecule has 0 aliphatic rings. The first-order valence-electron chi connectivity index (χ1n) is 6.87. The minimum absolute atomic E-state index is 0.0383. The molecule has 2 aromatic carbocycles. The standard InChI is InChI=1S/C18H21Cl/c1-3-18(14-19,17-10-5-4-6-11-17)13-16-9-7-8-15(2)12-16/h4-12H,3,13-14H2,1-2H3. The summed E-state index contributed by atoms with van der Waals surface area (Å²) in [5, 5.41) is 0. The maximum absolute atomic E-state index is 6.35. The molecule has 19 heavy (non-hydrogen) atoms. The first-order chi connectivity index (χ1) is 9.20. The van der Waals surface area contributed by atoms with E-state index in [4.69, 9.17) is 11.6 Å². The predicted molar refractivity (Wildman–Crippen MR) is 84.0 cm³/mol. The fraction of sp³-hybridized carbons (Fsp3) is 0.333. The zero-order valence-corrected chi connectivity index (χ0v) is 12.5. The maximum Gasteiger partial charge on any atom is 0.0323 e. The smallest absolute Gasteiger partial charge is 0.0323 e. The Morgan fingerprint density at radius 2 is 1.74 bits per heavy atom. The third-order valence-corrected chi connectivity index (χ3v) is 4.46. The molecule has 0 N–H and O–H groups in total. The molecule has 1 atom stereocenters. The Kier molecular flexibility index (Phi) is 4.66. The van der Waals surface area contributed by atoms with Gasteiger partial charge in [0.2, 0.25) is 0 Å². The molecule has 2 aromatic rings. The van der Waals surface area contributed by atoms with E-state index in [9.17, 15) is 0 Å². The van der Waals surface area contributed by atoms with Crippen LogP contribution in [0.5, 0.6) is 0 Å². The number of hydrogen-bond donors (Lipinski definition) is 0. The third-order valence-electron chi connectivity index (χ3n) is 3.94. The van der Waals surface area contributed by atoms with Crippen molar-refractivity contribution in [3.8, 4) is 0 Å². The number of hydrogen-bond acceptors (Lipinski definition) is 0. The van der Waals surface area contributed by atoms with Crippen LogP contribution in [0.2, 0.25) is 0 Å². The number of halogens is 1. The van der Waals surface area contributed by atoms with Crippen molar-refractivity contribution < 1.29 is 0 Å². The van der Waals surface area contributed by atoms with Crippen molar-refractivity contribution in [3.63, 3.8) is 0 Å². The van der Waals surface area contributed by atoms with Gasteiger partial charge >= 0.3 is 0 Å². The highest BCUT2D eigenvalue weighted by Crippen LogP contribution is 2.33. The number of benzene rings is 2. The van der Waals surface area contributed by atoms with Crippen molar-refractivity contribution in [1.29, 1.82) is 0 Å². The second-order valence-electron chi connectivity index (χ2n) is 5.30. The van der Waals surface area contributed by atoms with Gasteiger partial charge in [0.1, 0.15) is 0 Å². The summed E-state index contributed by atoms with van der Waals surface area (Å²) in [4.78, 5) is 0. The van der Waals surface area contributed by atoms with Gasteiger partial charge in [0.05, 0.1) is 0 Å². The largest absolute Gasteiger partial charge is 0.126 e. The lowest BCUT2D eigenvalue weighted by Crippen LogP contribution is -2.30. The zero-order chi connectivity index (χ0) is 13.7. The SMILES string of the molecule is CCC(CCl)(Cc1cccc(C)c1)c1ccccc1. The van der Waals surface area contributed by atoms with Gasteiger partial charge in [0.15, 0.2) is 0 Å². The summed E-state index contributed by atoms with van der Waals surface area (Å²) in [6.45, 7) is 4.37. The quantitative estimate of drug-likeness (QED) is 0.663. The minimum Gasteiger partial charge on any atom is -0.126 e. The van der Waals surface area contributed by atoms with Crippen LogP contribution in [-0.2, 0) is 11.8 Å². The molecule has 0 aliphatic heterocycles. The minimum atomic E-state index is 0.0383. The summed E-state index contributed by atoms with van der Waals surface area (Å²) in [7, 11) is 0. The third kappa shape index (κ3) is 3.19. The molecule has 0 saturated carbocycles. The molecule has 0 spiro atoms. The number of alkyl halides is 1. The second-order valence-corrected chi connectivity index (χ2v) is 5.57. The van der Waals surface area contributed by atoms with Crippen LogP contribution in [0.25, 0.3) is 0 Å². The highest BCUT2D eigenvalue weighted by atomic mass is 35.5. The van der Waals surface area contributed by atoms with Crippen LogP contribution in [0.15, 0.2) is 54.6 Å². The van der Waals surface area contributed by atoms with E-state index in [1.807, 2.05) is 0 Å². The molecule has 0 radical (unpaired) electrons. The van der Waals surface area contributed by atoms with E-state index in [0.717, 1.165) is 12.8 Å². The molecule has 0 fully saturated rings. The predicted octanol–water partition coefficient (Wildman–Crippen LogP) is 5.12. The van der Waals surface area contributed by atoms with E-state index >= 15 is 0 Å². The molecule has 0 amide bonds. The fourth-order valence-corrected chi connectivity index (χ4v) is 3.09. The molecule has 100 valence electrons. The monoisotopic (exact) mass is 272 g/mol. The van der Waals surface area contributed by atoms with E-state index in [0.29, 0.717) is 5.88 Å². The van der Waals surface area contributed by atoms with Gasteiger partial charge in [0.25, 0.3) is 0 Å². The highest BCUT2D eigenvalue weighted by molar-refractivity contribution is 6.18. The molecule has 0 aromatic heterocycles. The van der Waals surface area contributed by atoms with Crippen molar-refractivity contribution in [2.45, 2.75) is 32.1 Å². The summed E-state index contributed by atoms with van der Waals surface area (Å²) < 4.78 is 0. The molecule has 2 rings (SSSR count). The van der Waals surface area contributed by atoms with Crippen LogP contribution in [0.3, 0.4) is 0 Å². The van der Waals surface area contributed by atoms with Crippen molar-refractivity contribution in [1.82, 2.24) is 0 Å². The molecular weight excluding hydrogens is 252 g/mol. The Bertz CT molecular complexity index is 512. The normalized spacial score (nSPS) is 14.1. The Morgan fingerprint density at radius 1 is 1.00 bits per heavy atom. The van der Waals surface area contributed by atoms with Crippen LogP contribution in [0.4, 0.5) is 0 Å². The first-order valence-corrected chi connectivity index (χ1v) is 7.41. The van der Waals surface area contributed by atoms with E-state index in [1.54, 1.807) is 0 Å². The van der Waals surface area contributed by atoms with E-state index in [-0.39, 0.29) is 5.41 Å². The maximum atomic E-state index is 6.35. The van der Waals surface area contributed by atoms with E-state index in [2.05, 4.69) is 68.4 Å². The van der Waals surface area contributed by atoms with Gasteiger partial charge in [-0.3, -0.25) is 0 Å². The van der Waals surface area contributed by atoms with Crippen molar-refractivity contribution in [2.24, 2.45) is 0 Å². The average Bonchev–Trinajstić information content (AvgIpc) is 2.46. The lowest BCUT2D eigenvalue weighted by atomic mass is 9.75. The summed E-state index contributed by atoms with van der Waals surface area (Å²) in [5.41, 5.74) is 4.06. The van der Waals surface area contributed by atoms with E-state index in [1.165, 1.54) is 16.7 Å². The molecular formula is C18H21Cl. The van der Waals surface area contributed by atoms with Crippen LogP contribution >= 0.6 is 11.6 Å². The summed E-state index contributed by atoms with van der Waals surface area (Å²) in [6, 6.07) is 19.4. The van der Waals surface area contributed by atoms with Gasteiger partial charge in [0, 0.05) is 11.3 Å². The van der Waals surface area contributed by atoms with Gasteiger partial charge in [-0.2, -0.15) is 0 Å². The number of aryl methyl sites for hydroxylation is 1. The molecule has 1 unspecified atom stereocenters. The van der Waals surface area contributed by atoms with E-state index < -0.39 is 0 Å². The number of rotatable bonds is 5. The van der Waals surface area contributed by atoms with Crippen LogP contribution in [-0.4, -0.2) is 5.88 Å². The molecule has 0 nitrogen and oxygen atoms in total. The van der Waals surface area contributed by atoms with Crippen LogP contribution in [0, 0.1) is 6.92 Å². The summed E-state index contributed by atoms with van der Waals surface area (Å²) in [5.74, 6) is 0.654. The topological polar surface area (TPSA) is 0 Å². The second kappa shape index (κ2) is 6.25. The van der Waals surface area contributed by atoms with Gasteiger partial charge in [-0.1, -0.05) is 67.1 Å². The first kappa shape index (κ1) is 14.1. The Labute approximate surface area is 121 Å². The van der Waals surface area contributed by atoms with Gasteiger partial charge in [-0.15, -0.1) is 11.6 Å². The molecule has 0 saturated heterocycles. The van der Waals surface area contributed by atoms with Gasteiger partial charge < -0.3 is 0 Å². The Morgan fingerprint density at radius 3 is 2.32 bits per heavy atom. The van der Waals surface area contributed by atoms with Gasteiger partial charge in [-0.05, 0) is 30.9 Å². The van der Waals surface area contributed by atoms with Crippen molar-refractivity contribution in [2.75, 3.05) is 5.88 Å². The molecule has 0 bridgehead atoms. The van der Waals surface area contributed by atoms with Crippen LogP contribution < -0.4 is 0 Å². The summed E-state index contributed by atoms with van der Waals surface area (Å²) in [6.07, 6.45) is 2.05. The highest BCUT2D eigenvalue weighted by Gasteiger charge is 2.29. The van der Waals surface area contributed by atoms with Crippen molar-refractivity contribution >= 4 is 11.6 Å².